The molecule has 1 aromatic heterocycles. The first kappa shape index (κ1) is 17.1. The van der Waals surface area contributed by atoms with Crippen molar-refractivity contribution in [1.29, 1.82) is 0 Å². The molecule has 128 valence electrons. The average Bonchev–Trinajstić information content (AvgIpc) is 3.11. The van der Waals surface area contributed by atoms with Crippen molar-refractivity contribution >= 4 is 17.5 Å². The smallest absolute Gasteiger partial charge is 0.277 e. The predicted molar refractivity (Wildman–Crippen MR) is 87.7 cm³/mol. The highest BCUT2D eigenvalue weighted by atomic mass is 32.2. The van der Waals surface area contributed by atoms with E-state index in [1.807, 2.05) is 0 Å². The van der Waals surface area contributed by atoms with Crippen LogP contribution in [0.5, 0.6) is 5.75 Å². The van der Waals surface area contributed by atoms with Crippen LogP contribution in [0.15, 0.2) is 52.1 Å². The minimum Gasteiger partial charge on any atom is -0.497 e. The molecule has 8 heteroatoms. The van der Waals surface area contributed by atoms with Gasteiger partial charge >= 0.3 is 0 Å². The number of benzene rings is 2. The van der Waals surface area contributed by atoms with Crippen LogP contribution < -0.4 is 4.74 Å². The molecule has 0 aliphatic heterocycles. The number of thioether (sulfide) groups is 1. The summed E-state index contributed by atoms with van der Waals surface area (Å²) in [6.07, 6.45) is 0. The van der Waals surface area contributed by atoms with Gasteiger partial charge in [0.05, 0.1) is 12.9 Å². The molecule has 0 aliphatic carbocycles. The highest BCUT2D eigenvalue weighted by Crippen LogP contribution is 2.25. The van der Waals surface area contributed by atoms with Gasteiger partial charge in [0.1, 0.15) is 5.75 Å². The first-order valence-corrected chi connectivity index (χ1v) is 8.14. The Hall–Kier alpha value is -2.74. The molecule has 0 saturated carbocycles. The summed E-state index contributed by atoms with van der Waals surface area (Å²) < 4.78 is 36.6. The number of ketones is 1. The van der Waals surface area contributed by atoms with Crippen LogP contribution >= 0.6 is 11.8 Å². The number of ether oxygens (including phenoxy) is 1. The van der Waals surface area contributed by atoms with E-state index in [1.54, 1.807) is 31.4 Å². The molecule has 0 saturated heterocycles. The lowest BCUT2D eigenvalue weighted by atomic mass is 10.1. The molecule has 5 nitrogen and oxygen atoms in total. The standard InChI is InChI=1S/C17H12F2N2O3S/c1-23-12-5-2-10(3-6-12)16-20-21-17(24-16)25-9-15(22)11-4-7-13(18)14(19)8-11/h2-8H,9H2,1H3. The number of nitrogens with zero attached hydrogens (tertiary/aromatic N) is 2. The average molecular weight is 362 g/mol. The van der Waals surface area contributed by atoms with Crippen molar-refractivity contribution in [3.63, 3.8) is 0 Å². The molecular formula is C17H12F2N2O3S. The fourth-order valence-electron chi connectivity index (χ4n) is 2.00. The van der Waals surface area contributed by atoms with Gasteiger partial charge < -0.3 is 9.15 Å². The maximum Gasteiger partial charge on any atom is 0.277 e. The second-order valence-corrected chi connectivity index (χ2v) is 5.87. The maximum atomic E-state index is 13.2. The van der Waals surface area contributed by atoms with Gasteiger partial charge in [0.2, 0.25) is 5.89 Å². The second-order valence-electron chi connectivity index (χ2n) is 4.94. The number of hydrogen-bond acceptors (Lipinski definition) is 6. The summed E-state index contributed by atoms with van der Waals surface area (Å²) in [4.78, 5) is 12.0. The fourth-order valence-corrected chi connectivity index (χ4v) is 2.66. The van der Waals surface area contributed by atoms with Gasteiger partial charge in [0.15, 0.2) is 17.4 Å². The molecule has 0 unspecified atom stereocenters. The molecule has 25 heavy (non-hydrogen) atoms. The third kappa shape index (κ3) is 4.03. The van der Waals surface area contributed by atoms with Gasteiger partial charge in [-0.3, -0.25) is 4.79 Å². The minimum absolute atomic E-state index is 0.0324. The summed E-state index contributed by atoms with van der Waals surface area (Å²) in [5.41, 5.74) is 0.799. The van der Waals surface area contributed by atoms with Gasteiger partial charge in [-0.05, 0) is 42.5 Å². The maximum absolute atomic E-state index is 13.2. The van der Waals surface area contributed by atoms with E-state index in [-0.39, 0.29) is 22.3 Å². The Kier molecular flexibility index (Phi) is 5.08. The van der Waals surface area contributed by atoms with Gasteiger partial charge in [-0.15, -0.1) is 10.2 Å². The number of methoxy groups -OCH3 is 1. The number of Topliss-reactive ketones (excluding diaryl/α,β-unsaturated/α-hetero) is 1. The van der Waals surface area contributed by atoms with Crippen molar-refractivity contribution in [3.8, 4) is 17.2 Å². The highest BCUT2D eigenvalue weighted by molar-refractivity contribution is 7.99. The van der Waals surface area contributed by atoms with Gasteiger partial charge in [-0.25, -0.2) is 8.78 Å². The van der Waals surface area contributed by atoms with Crippen LogP contribution in [-0.2, 0) is 0 Å². The van der Waals surface area contributed by atoms with Gasteiger partial charge in [-0.1, -0.05) is 11.8 Å². The Balaban J connectivity index is 1.64. The second kappa shape index (κ2) is 7.43. The van der Waals surface area contributed by atoms with Crippen molar-refractivity contribution in [3.05, 3.63) is 59.7 Å². The Labute approximate surface area is 146 Å². The topological polar surface area (TPSA) is 65.2 Å². The summed E-state index contributed by atoms with van der Waals surface area (Å²) in [6, 6.07) is 10.1. The molecule has 3 rings (SSSR count). The molecule has 0 fully saturated rings. The third-order valence-corrected chi connectivity index (χ3v) is 4.13. The summed E-state index contributed by atoms with van der Waals surface area (Å²) in [7, 11) is 1.57. The first-order chi connectivity index (χ1) is 12.1. The Morgan fingerprint density at radius 3 is 2.56 bits per heavy atom. The Morgan fingerprint density at radius 1 is 1.12 bits per heavy atom. The zero-order valence-corrected chi connectivity index (χ0v) is 13.8. The first-order valence-electron chi connectivity index (χ1n) is 7.16. The number of aromatic nitrogens is 2. The number of carbonyl (C=O) groups excluding carboxylic acids is 1. The van der Waals surface area contributed by atoms with Gasteiger partial charge in [0.25, 0.3) is 5.22 Å². The van der Waals surface area contributed by atoms with E-state index >= 15 is 0 Å². The lowest BCUT2D eigenvalue weighted by molar-refractivity contribution is 0.102. The van der Waals surface area contributed by atoms with Crippen molar-refractivity contribution in [1.82, 2.24) is 10.2 Å². The quantitative estimate of drug-likeness (QED) is 0.488. The molecule has 0 amide bonds. The fraction of sp³-hybridized carbons (Fsp3) is 0.118. The highest BCUT2D eigenvalue weighted by Gasteiger charge is 2.14. The molecule has 1 heterocycles. The normalized spacial score (nSPS) is 10.7. The van der Waals surface area contributed by atoms with Crippen molar-refractivity contribution in [2.45, 2.75) is 5.22 Å². The van der Waals surface area contributed by atoms with Crippen LogP contribution in [0, 0.1) is 11.6 Å². The predicted octanol–water partition coefficient (Wildman–Crippen LogP) is 4.00. The van der Waals surface area contributed by atoms with Gasteiger partial charge in [-0.2, -0.15) is 0 Å². The molecule has 0 N–H and O–H groups in total. The molecule has 0 aliphatic rings. The number of carbonyl (C=O) groups is 1. The van der Waals surface area contributed by atoms with Crippen LogP contribution in [0.3, 0.4) is 0 Å². The molecule has 0 spiro atoms. The lowest BCUT2D eigenvalue weighted by Crippen LogP contribution is -2.03. The zero-order chi connectivity index (χ0) is 17.8. The van der Waals surface area contributed by atoms with Crippen LogP contribution in [0.1, 0.15) is 10.4 Å². The number of rotatable bonds is 6. The summed E-state index contributed by atoms with van der Waals surface area (Å²) in [6.45, 7) is 0. The zero-order valence-electron chi connectivity index (χ0n) is 13.0. The van der Waals surface area contributed by atoms with Crippen LogP contribution in [-0.4, -0.2) is 28.8 Å². The largest absolute Gasteiger partial charge is 0.497 e. The van der Waals surface area contributed by atoms with E-state index in [4.69, 9.17) is 9.15 Å². The van der Waals surface area contributed by atoms with Crippen molar-refractivity contribution in [2.75, 3.05) is 12.9 Å². The molecule has 0 atom stereocenters. The van der Waals surface area contributed by atoms with E-state index in [0.29, 0.717) is 17.2 Å². The van der Waals surface area contributed by atoms with E-state index in [1.165, 1.54) is 6.07 Å². The van der Waals surface area contributed by atoms with E-state index in [9.17, 15) is 13.6 Å². The molecule has 3 aromatic rings. The molecule has 2 aromatic carbocycles. The number of halogens is 2. The summed E-state index contributed by atoms with van der Waals surface area (Å²) in [5, 5.41) is 7.99. The minimum atomic E-state index is -1.06. The SMILES string of the molecule is COc1ccc(-c2nnc(SCC(=O)c3ccc(F)c(F)c3)o2)cc1. The molecule has 0 bridgehead atoms. The van der Waals surface area contributed by atoms with Gasteiger partial charge in [0, 0.05) is 11.1 Å². The van der Waals surface area contributed by atoms with Crippen LogP contribution in [0.25, 0.3) is 11.5 Å². The van der Waals surface area contributed by atoms with Crippen LogP contribution in [0.4, 0.5) is 8.78 Å². The lowest BCUT2D eigenvalue weighted by Gasteiger charge is -2.00. The number of hydrogen-bond donors (Lipinski definition) is 0. The monoisotopic (exact) mass is 362 g/mol. The summed E-state index contributed by atoms with van der Waals surface area (Å²) in [5.74, 6) is -1.44. The Bertz CT molecular complexity index is 897. The summed E-state index contributed by atoms with van der Waals surface area (Å²) >= 11 is 1.03. The van der Waals surface area contributed by atoms with E-state index in [2.05, 4.69) is 10.2 Å². The van der Waals surface area contributed by atoms with Crippen LogP contribution in [0.2, 0.25) is 0 Å². The van der Waals surface area contributed by atoms with E-state index in [0.717, 1.165) is 23.9 Å². The molecule has 0 radical (unpaired) electrons. The Morgan fingerprint density at radius 2 is 1.88 bits per heavy atom. The third-order valence-electron chi connectivity index (χ3n) is 3.31. The van der Waals surface area contributed by atoms with E-state index < -0.39 is 11.6 Å². The molecular weight excluding hydrogens is 350 g/mol. The van der Waals surface area contributed by atoms with Crippen molar-refractivity contribution in [2.24, 2.45) is 0 Å². The van der Waals surface area contributed by atoms with Crippen molar-refractivity contribution < 1.29 is 22.7 Å².